The van der Waals surface area contributed by atoms with Crippen LogP contribution in [0.4, 0.5) is 0 Å². The first-order chi connectivity index (χ1) is 6.77. The second-order valence-electron chi connectivity index (χ2n) is 2.80. The van der Waals surface area contributed by atoms with Gasteiger partial charge in [-0.2, -0.15) is 0 Å². The van der Waals surface area contributed by atoms with Crippen molar-refractivity contribution in [2.45, 2.75) is 0 Å². The summed E-state index contributed by atoms with van der Waals surface area (Å²) in [6.07, 6.45) is 4.56. The van der Waals surface area contributed by atoms with Crippen LogP contribution >= 0.6 is 31.9 Å². The molecule has 3 heteroatoms. The van der Waals surface area contributed by atoms with Gasteiger partial charge in [-0.1, -0.05) is 37.9 Å². The molecule has 0 fully saturated rings. The molecule has 0 saturated carbocycles. The Labute approximate surface area is 99.4 Å². The number of rotatable bonds is 1. The summed E-state index contributed by atoms with van der Waals surface area (Å²) < 4.78 is 2.12. The topological polar surface area (TPSA) is 12.9 Å². The lowest BCUT2D eigenvalue weighted by Gasteiger charge is -2.04. The van der Waals surface area contributed by atoms with Crippen LogP contribution in [0.1, 0.15) is 0 Å². The molecule has 0 saturated heterocycles. The molecule has 69 valence electrons. The van der Waals surface area contributed by atoms with E-state index in [1.165, 1.54) is 0 Å². The number of hydrogen-bond acceptors (Lipinski definition) is 1. The van der Waals surface area contributed by atoms with Gasteiger partial charge in [0.05, 0.1) is 6.20 Å². The molecule has 0 N–H and O–H groups in total. The third-order valence-corrected chi connectivity index (χ3v) is 3.04. The predicted octanol–water partition coefficient (Wildman–Crippen LogP) is 4.07. The lowest BCUT2D eigenvalue weighted by atomic mass is 10.1. The van der Waals surface area contributed by atoms with Gasteiger partial charge in [-0.15, -0.1) is 0 Å². The molecular formula is C11H6Br2N. The Morgan fingerprint density at radius 3 is 2.71 bits per heavy atom. The van der Waals surface area contributed by atoms with Gasteiger partial charge in [-0.25, -0.2) is 0 Å². The zero-order chi connectivity index (χ0) is 9.97. The molecule has 1 aromatic carbocycles. The minimum absolute atomic E-state index is 1.06. The Morgan fingerprint density at radius 1 is 1.14 bits per heavy atom. The summed E-state index contributed by atoms with van der Waals surface area (Å²) in [5.74, 6) is 0. The molecule has 1 nitrogen and oxygen atoms in total. The Morgan fingerprint density at radius 2 is 2.00 bits per heavy atom. The standard InChI is InChI=1S/C11H6Br2N/c12-9-3-4-11(13)10(6-9)8-2-1-5-14-7-8/h1-4,6-7H. The Balaban J connectivity index is 2.57. The van der Waals surface area contributed by atoms with E-state index in [2.05, 4.69) is 49.1 Å². The fraction of sp³-hybridized carbons (Fsp3) is 0. The average molecular weight is 312 g/mol. The van der Waals surface area contributed by atoms with E-state index >= 15 is 0 Å². The normalized spacial score (nSPS) is 10.1. The van der Waals surface area contributed by atoms with Crippen LogP contribution in [0.2, 0.25) is 0 Å². The van der Waals surface area contributed by atoms with Crippen molar-refractivity contribution in [3.05, 3.63) is 51.7 Å². The van der Waals surface area contributed by atoms with Gasteiger partial charge < -0.3 is 0 Å². The summed E-state index contributed by atoms with van der Waals surface area (Å²) in [6.45, 7) is 0. The van der Waals surface area contributed by atoms with Gasteiger partial charge in [0.2, 0.25) is 0 Å². The Bertz CT molecular complexity index is 440. The number of pyridine rings is 1. The molecule has 0 amide bonds. The van der Waals surface area contributed by atoms with Crippen LogP contribution in [0, 0.1) is 6.20 Å². The lowest BCUT2D eigenvalue weighted by molar-refractivity contribution is 1.31. The van der Waals surface area contributed by atoms with Crippen molar-refractivity contribution in [1.29, 1.82) is 0 Å². The smallest absolute Gasteiger partial charge is 0.0886 e. The van der Waals surface area contributed by atoms with Crippen LogP contribution in [0.15, 0.2) is 45.5 Å². The van der Waals surface area contributed by atoms with Crippen LogP contribution in [0.5, 0.6) is 0 Å². The van der Waals surface area contributed by atoms with Gasteiger partial charge in [0.15, 0.2) is 0 Å². The lowest BCUT2D eigenvalue weighted by Crippen LogP contribution is -1.81. The van der Waals surface area contributed by atoms with Crippen LogP contribution in [0.25, 0.3) is 11.1 Å². The first-order valence-corrected chi connectivity index (χ1v) is 5.63. The van der Waals surface area contributed by atoms with E-state index in [-0.39, 0.29) is 0 Å². The van der Waals surface area contributed by atoms with E-state index in [0.717, 1.165) is 20.1 Å². The SMILES string of the molecule is Brc1ccc(Br)c(-c2cc[c]nc2)c1. The van der Waals surface area contributed by atoms with E-state index in [9.17, 15) is 0 Å². The van der Waals surface area contributed by atoms with Gasteiger partial charge in [0, 0.05) is 20.7 Å². The fourth-order valence-corrected chi connectivity index (χ4v) is 2.03. The molecule has 1 aromatic heterocycles. The van der Waals surface area contributed by atoms with Crippen LogP contribution in [0.3, 0.4) is 0 Å². The minimum Gasteiger partial charge on any atom is -0.254 e. The molecule has 2 rings (SSSR count). The van der Waals surface area contributed by atoms with Crippen molar-refractivity contribution < 1.29 is 0 Å². The Hall–Kier alpha value is -0.670. The molecule has 0 atom stereocenters. The molecule has 2 aromatic rings. The van der Waals surface area contributed by atoms with E-state index in [1.54, 1.807) is 6.20 Å². The third-order valence-electron chi connectivity index (χ3n) is 1.86. The highest BCUT2D eigenvalue weighted by Crippen LogP contribution is 2.30. The molecule has 14 heavy (non-hydrogen) atoms. The quantitative estimate of drug-likeness (QED) is 0.773. The van der Waals surface area contributed by atoms with Gasteiger partial charge in [-0.3, -0.25) is 4.98 Å². The molecule has 0 spiro atoms. The molecule has 0 aliphatic carbocycles. The largest absolute Gasteiger partial charge is 0.254 e. The summed E-state index contributed by atoms with van der Waals surface area (Å²) in [5.41, 5.74) is 2.21. The number of halogens is 2. The minimum atomic E-state index is 1.06. The summed E-state index contributed by atoms with van der Waals surface area (Å²) >= 11 is 6.95. The van der Waals surface area contributed by atoms with Crippen molar-refractivity contribution >= 4 is 31.9 Å². The molecule has 0 aliphatic heterocycles. The van der Waals surface area contributed by atoms with Gasteiger partial charge in [0.1, 0.15) is 0 Å². The summed E-state index contributed by atoms with van der Waals surface area (Å²) in [5, 5.41) is 0. The highest BCUT2D eigenvalue weighted by atomic mass is 79.9. The van der Waals surface area contributed by atoms with Crippen molar-refractivity contribution in [2.24, 2.45) is 0 Å². The summed E-state index contributed by atoms with van der Waals surface area (Å²) in [7, 11) is 0. The van der Waals surface area contributed by atoms with Gasteiger partial charge in [0.25, 0.3) is 0 Å². The zero-order valence-corrected chi connectivity index (χ0v) is 10.3. The summed E-state index contributed by atoms with van der Waals surface area (Å²) in [4.78, 5) is 3.97. The second-order valence-corrected chi connectivity index (χ2v) is 4.57. The maximum atomic E-state index is 3.97. The monoisotopic (exact) mass is 310 g/mol. The fourth-order valence-electron chi connectivity index (χ4n) is 1.20. The van der Waals surface area contributed by atoms with Crippen molar-refractivity contribution in [2.75, 3.05) is 0 Å². The Kier molecular flexibility index (Phi) is 2.99. The highest BCUT2D eigenvalue weighted by molar-refractivity contribution is 9.11. The number of hydrogen-bond donors (Lipinski definition) is 0. The first kappa shape index (κ1) is 9.87. The molecule has 0 unspecified atom stereocenters. The first-order valence-electron chi connectivity index (χ1n) is 4.05. The zero-order valence-electron chi connectivity index (χ0n) is 7.17. The maximum absolute atomic E-state index is 3.97. The predicted molar refractivity (Wildman–Crippen MR) is 63.9 cm³/mol. The van der Waals surface area contributed by atoms with Crippen LogP contribution in [-0.4, -0.2) is 4.98 Å². The molecule has 1 heterocycles. The third kappa shape index (κ3) is 2.04. The van der Waals surface area contributed by atoms with E-state index < -0.39 is 0 Å². The van der Waals surface area contributed by atoms with Crippen LogP contribution < -0.4 is 0 Å². The number of nitrogens with zero attached hydrogens (tertiary/aromatic N) is 1. The number of benzene rings is 1. The molecule has 1 radical (unpaired) electrons. The van der Waals surface area contributed by atoms with Crippen molar-refractivity contribution in [3.63, 3.8) is 0 Å². The average Bonchev–Trinajstić information content (AvgIpc) is 2.23. The van der Waals surface area contributed by atoms with Gasteiger partial charge in [-0.05, 0) is 29.8 Å². The highest BCUT2D eigenvalue weighted by Gasteiger charge is 2.02. The molecular weight excluding hydrogens is 306 g/mol. The van der Waals surface area contributed by atoms with Crippen LogP contribution in [-0.2, 0) is 0 Å². The van der Waals surface area contributed by atoms with Gasteiger partial charge >= 0.3 is 0 Å². The van der Waals surface area contributed by atoms with E-state index in [4.69, 9.17) is 0 Å². The van der Waals surface area contributed by atoms with Crippen molar-refractivity contribution in [1.82, 2.24) is 4.98 Å². The molecule has 0 aliphatic rings. The van der Waals surface area contributed by atoms with E-state index in [1.807, 2.05) is 24.3 Å². The molecule has 0 bridgehead atoms. The van der Waals surface area contributed by atoms with E-state index in [0.29, 0.717) is 0 Å². The van der Waals surface area contributed by atoms with Crippen molar-refractivity contribution in [3.8, 4) is 11.1 Å². The number of aromatic nitrogens is 1. The second kappa shape index (κ2) is 4.24. The summed E-state index contributed by atoms with van der Waals surface area (Å²) in [6, 6.07) is 9.86. The maximum Gasteiger partial charge on any atom is 0.0886 e.